The summed E-state index contributed by atoms with van der Waals surface area (Å²) in [5.41, 5.74) is 4.67. The van der Waals surface area contributed by atoms with Gasteiger partial charge in [0.2, 0.25) is 10.0 Å². The number of anilines is 1. The molecule has 3 heterocycles. The topological polar surface area (TPSA) is 117 Å². The number of benzene rings is 2. The lowest BCUT2D eigenvalue weighted by molar-refractivity contribution is 0.0761. The Bertz CT molecular complexity index is 1610. The number of phenolic OH excluding ortho intramolecular Hbond substituents is 1. The number of phenols is 1. The summed E-state index contributed by atoms with van der Waals surface area (Å²) >= 11 is 0. The molecule has 1 aliphatic rings. The van der Waals surface area contributed by atoms with Gasteiger partial charge in [-0.1, -0.05) is 35.0 Å². The molecule has 0 saturated heterocycles. The van der Waals surface area contributed by atoms with Gasteiger partial charge in [-0.15, -0.1) is 0 Å². The number of nitrogens with zero attached hydrogens (tertiary/aromatic N) is 4. The molecule has 5 rings (SSSR count). The Hall–Kier alpha value is -3.92. The molecular weight excluding hydrogens is 480 g/mol. The van der Waals surface area contributed by atoms with E-state index < -0.39 is 15.9 Å². The molecule has 9 nitrogen and oxygen atoms in total. The van der Waals surface area contributed by atoms with E-state index in [4.69, 9.17) is 4.52 Å². The van der Waals surface area contributed by atoms with Crippen LogP contribution >= 0.6 is 0 Å². The number of carbonyl (C=O) groups is 1. The van der Waals surface area contributed by atoms with E-state index in [2.05, 4.69) is 10.1 Å². The number of sulfonamides is 1. The maximum absolute atomic E-state index is 13.3. The maximum atomic E-state index is 13.3. The largest absolute Gasteiger partial charge is 0.505 e. The van der Waals surface area contributed by atoms with Crippen molar-refractivity contribution in [2.24, 2.45) is 0 Å². The van der Waals surface area contributed by atoms with Gasteiger partial charge in [-0.05, 0) is 37.5 Å². The van der Waals surface area contributed by atoms with Crippen LogP contribution < -0.4 is 4.31 Å². The molecule has 1 N–H and O–H groups in total. The van der Waals surface area contributed by atoms with E-state index in [0.717, 1.165) is 27.3 Å². The standard InChI is InChI=1S/C26H26N4O5S/c1-15-5-7-17(8-6-15)10-18-11-20-23(27-12-18)25(31)22-21(24(20)29(3)36(4,33)34)14-30(26(22)32)13-19-9-16(2)35-28-19/h5-9,11-12,31H,10,13-14H2,1-4H3. The molecule has 0 saturated carbocycles. The number of amides is 1. The second-order valence-corrected chi connectivity index (χ2v) is 11.3. The summed E-state index contributed by atoms with van der Waals surface area (Å²) in [5, 5.41) is 15.6. The molecule has 2 aromatic heterocycles. The maximum Gasteiger partial charge on any atom is 0.258 e. The summed E-state index contributed by atoms with van der Waals surface area (Å²) in [5.74, 6) is -0.0549. The highest BCUT2D eigenvalue weighted by Crippen LogP contribution is 2.45. The van der Waals surface area contributed by atoms with Crippen molar-refractivity contribution in [3.8, 4) is 5.75 Å². The van der Waals surface area contributed by atoms with Gasteiger partial charge in [0.15, 0.2) is 5.75 Å². The first kappa shape index (κ1) is 23.8. The fourth-order valence-corrected chi connectivity index (χ4v) is 5.14. The second-order valence-electron chi connectivity index (χ2n) is 9.27. The summed E-state index contributed by atoms with van der Waals surface area (Å²) in [6, 6.07) is 11.7. The first-order valence-corrected chi connectivity index (χ1v) is 13.2. The van der Waals surface area contributed by atoms with Gasteiger partial charge in [-0.25, -0.2) is 8.42 Å². The summed E-state index contributed by atoms with van der Waals surface area (Å²) in [6.07, 6.45) is 3.34. The third-order valence-electron chi connectivity index (χ3n) is 6.47. The highest BCUT2D eigenvalue weighted by Gasteiger charge is 2.37. The molecule has 0 aliphatic carbocycles. The molecule has 0 fully saturated rings. The van der Waals surface area contributed by atoms with Crippen molar-refractivity contribution < 1.29 is 22.8 Å². The molecule has 186 valence electrons. The summed E-state index contributed by atoms with van der Waals surface area (Å²) in [7, 11) is -2.24. The Labute approximate surface area is 209 Å². The van der Waals surface area contributed by atoms with E-state index in [0.29, 0.717) is 34.5 Å². The van der Waals surface area contributed by atoms with Gasteiger partial charge >= 0.3 is 0 Å². The molecule has 10 heteroatoms. The van der Waals surface area contributed by atoms with Gasteiger partial charge in [0.05, 0.1) is 24.1 Å². The Morgan fingerprint density at radius 3 is 2.50 bits per heavy atom. The number of rotatable bonds is 6. The zero-order valence-corrected chi connectivity index (χ0v) is 21.3. The molecule has 0 radical (unpaired) electrons. The Kier molecular flexibility index (Phi) is 5.71. The van der Waals surface area contributed by atoms with E-state index >= 15 is 0 Å². The molecule has 4 aromatic rings. The Morgan fingerprint density at radius 2 is 1.86 bits per heavy atom. The van der Waals surface area contributed by atoms with E-state index in [-0.39, 0.29) is 29.9 Å². The van der Waals surface area contributed by atoms with E-state index in [1.165, 1.54) is 11.9 Å². The fourth-order valence-electron chi connectivity index (χ4n) is 4.60. The van der Waals surface area contributed by atoms with Crippen molar-refractivity contribution in [1.29, 1.82) is 0 Å². The highest BCUT2D eigenvalue weighted by atomic mass is 32.2. The average molecular weight is 507 g/mol. The normalized spacial score (nSPS) is 13.4. The van der Waals surface area contributed by atoms with Gasteiger partial charge < -0.3 is 14.5 Å². The van der Waals surface area contributed by atoms with Gasteiger partial charge in [-0.2, -0.15) is 0 Å². The molecule has 1 aliphatic heterocycles. The third-order valence-corrected chi connectivity index (χ3v) is 7.65. The quantitative estimate of drug-likeness (QED) is 0.424. The van der Waals surface area contributed by atoms with Gasteiger partial charge in [0.1, 0.15) is 17.0 Å². The van der Waals surface area contributed by atoms with Gasteiger partial charge in [0, 0.05) is 36.8 Å². The van der Waals surface area contributed by atoms with Crippen molar-refractivity contribution in [1.82, 2.24) is 15.0 Å². The van der Waals surface area contributed by atoms with Crippen molar-refractivity contribution in [2.75, 3.05) is 17.6 Å². The van der Waals surface area contributed by atoms with Crippen LogP contribution in [-0.2, 0) is 29.5 Å². The van der Waals surface area contributed by atoms with Crippen molar-refractivity contribution in [3.63, 3.8) is 0 Å². The van der Waals surface area contributed by atoms with Crippen LogP contribution in [0, 0.1) is 13.8 Å². The summed E-state index contributed by atoms with van der Waals surface area (Å²) < 4.78 is 31.6. The molecule has 0 atom stereocenters. The molecule has 1 amide bonds. The van der Waals surface area contributed by atoms with Crippen LogP contribution in [0.1, 0.15) is 44.1 Å². The zero-order chi connectivity index (χ0) is 25.8. The predicted octanol–water partition coefficient (Wildman–Crippen LogP) is 3.69. The minimum Gasteiger partial charge on any atom is -0.505 e. The monoisotopic (exact) mass is 506 g/mol. The molecule has 0 bridgehead atoms. The van der Waals surface area contributed by atoms with Crippen LogP contribution in [0.5, 0.6) is 5.75 Å². The number of aromatic hydroxyl groups is 1. The number of aryl methyl sites for hydroxylation is 2. The van der Waals surface area contributed by atoms with E-state index in [1.807, 2.05) is 37.3 Å². The van der Waals surface area contributed by atoms with Crippen LogP contribution in [0.4, 0.5) is 5.69 Å². The zero-order valence-electron chi connectivity index (χ0n) is 20.4. The van der Waals surface area contributed by atoms with Crippen LogP contribution in [0.15, 0.2) is 47.1 Å². The minimum absolute atomic E-state index is 0.0620. The molecular formula is C26H26N4O5S. The number of fused-ring (bicyclic) bond motifs is 2. The Morgan fingerprint density at radius 1 is 1.14 bits per heavy atom. The summed E-state index contributed by atoms with van der Waals surface area (Å²) in [4.78, 5) is 19.3. The van der Waals surface area contributed by atoms with Crippen LogP contribution in [0.2, 0.25) is 0 Å². The molecule has 36 heavy (non-hydrogen) atoms. The molecule has 2 aromatic carbocycles. The highest BCUT2D eigenvalue weighted by molar-refractivity contribution is 7.92. The Balaban J connectivity index is 1.66. The van der Waals surface area contributed by atoms with E-state index in [1.54, 1.807) is 19.2 Å². The number of hydrogen-bond donors (Lipinski definition) is 1. The lowest BCUT2D eigenvalue weighted by Crippen LogP contribution is -2.26. The first-order valence-electron chi connectivity index (χ1n) is 11.4. The average Bonchev–Trinajstić information content (AvgIpc) is 3.37. The van der Waals surface area contributed by atoms with Crippen LogP contribution in [0.25, 0.3) is 10.9 Å². The van der Waals surface area contributed by atoms with Gasteiger partial charge in [-0.3, -0.25) is 14.1 Å². The van der Waals surface area contributed by atoms with Crippen molar-refractivity contribution in [3.05, 3.63) is 81.9 Å². The fraction of sp³-hybridized carbons (Fsp3) is 0.269. The van der Waals surface area contributed by atoms with Crippen LogP contribution in [-0.4, -0.2) is 47.8 Å². The molecule has 0 spiro atoms. The number of pyridine rings is 1. The van der Waals surface area contributed by atoms with Crippen LogP contribution in [0.3, 0.4) is 0 Å². The number of aromatic nitrogens is 2. The van der Waals surface area contributed by atoms with Gasteiger partial charge in [0.25, 0.3) is 5.91 Å². The second kappa shape index (κ2) is 8.63. The third kappa shape index (κ3) is 4.17. The smallest absolute Gasteiger partial charge is 0.258 e. The predicted molar refractivity (Wildman–Crippen MR) is 135 cm³/mol. The van der Waals surface area contributed by atoms with Crippen molar-refractivity contribution in [2.45, 2.75) is 33.4 Å². The van der Waals surface area contributed by atoms with E-state index in [9.17, 15) is 18.3 Å². The number of hydrogen-bond acceptors (Lipinski definition) is 7. The number of carbonyl (C=O) groups excluding carboxylic acids is 1. The lowest BCUT2D eigenvalue weighted by Gasteiger charge is -2.23. The lowest BCUT2D eigenvalue weighted by atomic mass is 9.98. The van der Waals surface area contributed by atoms with Crippen molar-refractivity contribution >= 4 is 32.5 Å². The molecule has 0 unspecified atom stereocenters. The summed E-state index contributed by atoms with van der Waals surface area (Å²) in [6.45, 7) is 4.05. The minimum atomic E-state index is -3.68. The SMILES string of the molecule is Cc1ccc(Cc2cnc3c(O)c4c(c(N(C)S(C)(=O)=O)c3c2)CN(Cc2cc(C)on2)C4=O)cc1. The first-order chi connectivity index (χ1) is 17.0.